The number of carbonyl (C=O) groups excluding carboxylic acids is 1. The van der Waals surface area contributed by atoms with E-state index in [0.717, 1.165) is 51.9 Å². The number of guanidine groups is 1. The molecule has 2 aliphatic rings. The Bertz CT molecular complexity index is 679. The number of rotatable bonds is 8. The van der Waals surface area contributed by atoms with Crippen LogP contribution in [0.2, 0.25) is 0 Å². The molecule has 1 unspecified atom stereocenters. The van der Waals surface area contributed by atoms with Gasteiger partial charge in [0.1, 0.15) is 5.54 Å². The predicted molar refractivity (Wildman–Crippen MR) is 115 cm³/mol. The number of nitrogens with two attached hydrogens (primary N) is 1. The number of hydrogen-bond acceptors (Lipinski definition) is 4. The van der Waals surface area contributed by atoms with Crippen molar-refractivity contribution in [3.05, 3.63) is 35.9 Å². The molecule has 2 N–H and O–H groups in total. The number of amides is 1. The standard InChI is InChI=1S/C23H36N4O/c1-18(2)16-23(3)21(28)27(22(24)25-23)17-20-11-14-26(15-12-20)13-7-10-19-8-5-4-6-9-19/h4-6,8-9,18,20H,7,10-17H2,1-3H3,(H2,24,25). The average molecular weight is 385 g/mol. The molecule has 2 heterocycles. The van der Waals surface area contributed by atoms with Crippen molar-refractivity contribution in [3.8, 4) is 0 Å². The van der Waals surface area contributed by atoms with Crippen molar-refractivity contribution in [2.24, 2.45) is 22.6 Å². The van der Waals surface area contributed by atoms with Crippen LogP contribution >= 0.6 is 0 Å². The summed E-state index contributed by atoms with van der Waals surface area (Å²) in [5.41, 5.74) is 6.88. The lowest BCUT2D eigenvalue weighted by Crippen LogP contribution is -2.47. The summed E-state index contributed by atoms with van der Waals surface area (Å²) < 4.78 is 0. The van der Waals surface area contributed by atoms with Gasteiger partial charge in [-0.15, -0.1) is 0 Å². The van der Waals surface area contributed by atoms with E-state index in [1.165, 1.54) is 12.0 Å². The van der Waals surface area contributed by atoms with Gasteiger partial charge in [-0.05, 0) is 76.1 Å². The fraction of sp³-hybridized carbons (Fsp3) is 0.652. The van der Waals surface area contributed by atoms with Crippen LogP contribution in [0.1, 0.15) is 52.0 Å². The van der Waals surface area contributed by atoms with Crippen molar-refractivity contribution < 1.29 is 4.79 Å². The molecule has 1 saturated heterocycles. The minimum atomic E-state index is -0.670. The maximum Gasteiger partial charge on any atom is 0.257 e. The minimum absolute atomic E-state index is 0.0870. The third kappa shape index (κ3) is 5.13. The van der Waals surface area contributed by atoms with Gasteiger partial charge in [-0.25, -0.2) is 4.99 Å². The Morgan fingerprint density at radius 1 is 1.21 bits per heavy atom. The van der Waals surface area contributed by atoms with Gasteiger partial charge in [-0.1, -0.05) is 44.2 Å². The fourth-order valence-electron chi connectivity index (χ4n) is 4.66. The first kappa shape index (κ1) is 20.8. The van der Waals surface area contributed by atoms with Gasteiger partial charge >= 0.3 is 0 Å². The third-order valence-electron chi connectivity index (χ3n) is 6.08. The first-order chi connectivity index (χ1) is 13.4. The predicted octanol–water partition coefficient (Wildman–Crippen LogP) is 3.29. The molecule has 5 heteroatoms. The van der Waals surface area contributed by atoms with Crippen molar-refractivity contribution >= 4 is 11.9 Å². The third-order valence-corrected chi connectivity index (χ3v) is 6.08. The lowest BCUT2D eigenvalue weighted by atomic mass is 9.90. The zero-order chi connectivity index (χ0) is 20.1. The molecule has 3 rings (SSSR count). The number of likely N-dealkylation sites (tertiary alicyclic amines) is 1. The number of benzene rings is 1. The number of aryl methyl sites for hydroxylation is 1. The van der Waals surface area contributed by atoms with Crippen LogP contribution in [0.4, 0.5) is 0 Å². The Kier molecular flexibility index (Phi) is 6.76. The van der Waals surface area contributed by atoms with Gasteiger partial charge in [0.05, 0.1) is 0 Å². The largest absolute Gasteiger partial charge is 0.369 e. The highest BCUT2D eigenvalue weighted by Crippen LogP contribution is 2.30. The first-order valence-corrected chi connectivity index (χ1v) is 10.8. The molecule has 1 aromatic carbocycles. The Hall–Kier alpha value is -1.88. The van der Waals surface area contributed by atoms with Crippen molar-refractivity contribution in [1.29, 1.82) is 0 Å². The van der Waals surface area contributed by atoms with Gasteiger partial charge in [-0.3, -0.25) is 9.69 Å². The van der Waals surface area contributed by atoms with Crippen LogP contribution in [-0.4, -0.2) is 53.4 Å². The fourth-order valence-corrected chi connectivity index (χ4v) is 4.66. The maximum atomic E-state index is 12.9. The molecule has 0 aliphatic carbocycles. The quantitative estimate of drug-likeness (QED) is 0.748. The maximum absolute atomic E-state index is 12.9. The number of hydrogen-bond donors (Lipinski definition) is 1. The summed E-state index contributed by atoms with van der Waals surface area (Å²) in [6.07, 6.45) is 5.35. The molecule has 0 aromatic heterocycles. The van der Waals surface area contributed by atoms with E-state index in [1.807, 2.05) is 6.92 Å². The normalized spacial score (nSPS) is 24.2. The lowest BCUT2D eigenvalue weighted by Gasteiger charge is -2.34. The molecule has 154 valence electrons. The number of nitrogens with zero attached hydrogens (tertiary/aromatic N) is 3. The monoisotopic (exact) mass is 384 g/mol. The summed E-state index contributed by atoms with van der Waals surface area (Å²) in [5, 5.41) is 0. The van der Waals surface area contributed by atoms with Crippen molar-refractivity contribution in [2.75, 3.05) is 26.2 Å². The number of carbonyl (C=O) groups is 1. The molecule has 1 amide bonds. The lowest BCUT2D eigenvalue weighted by molar-refractivity contribution is -0.131. The molecular weight excluding hydrogens is 348 g/mol. The molecule has 2 aliphatic heterocycles. The molecule has 0 spiro atoms. The van der Waals surface area contributed by atoms with Gasteiger partial charge in [-0.2, -0.15) is 0 Å². The summed E-state index contributed by atoms with van der Waals surface area (Å²) in [6, 6.07) is 10.7. The van der Waals surface area contributed by atoms with Crippen LogP contribution in [0.5, 0.6) is 0 Å². The van der Waals surface area contributed by atoms with E-state index < -0.39 is 5.54 Å². The Morgan fingerprint density at radius 2 is 1.89 bits per heavy atom. The Labute approximate surface area is 170 Å². The second kappa shape index (κ2) is 9.08. The zero-order valence-corrected chi connectivity index (χ0v) is 17.7. The molecule has 0 saturated carbocycles. The summed E-state index contributed by atoms with van der Waals surface area (Å²) >= 11 is 0. The van der Waals surface area contributed by atoms with Crippen molar-refractivity contribution in [1.82, 2.24) is 9.80 Å². The van der Waals surface area contributed by atoms with Crippen molar-refractivity contribution in [2.45, 2.75) is 58.4 Å². The van der Waals surface area contributed by atoms with Crippen LogP contribution in [0.25, 0.3) is 0 Å². The summed E-state index contributed by atoms with van der Waals surface area (Å²) in [7, 11) is 0. The van der Waals surface area contributed by atoms with Gasteiger partial charge in [0.15, 0.2) is 5.96 Å². The van der Waals surface area contributed by atoms with E-state index in [4.69, 9.17) is 5.73 Å². The topological polar surface area (TPSA) is 61.9 Å². The average Bonchev–Trinajstić information content (AvgIpc) is 2.86. The molecule has 1 fully saturated rings. The SMILES string of the molecule is CC(C)CC1(C)N=C(N)N(CC2CCN(CCCc3ccccc3)CC2)C1=O. The van der Waals surface area contributed by atoms with Crippen LogP contribution in [-0.2, 0) is 11.2 Å². The van der Waals surface area contributed by atoms with Gasteiger partial charge < -0.3 is 10.6 Å². The molecule has 28 heavy (non-hydrogen) atoms. The van der Waals surface area contributed by atoms with Gasteiger partial charge in [0.2, 0.25) is 0 Å². The molecule has 1 aromatic rings. The molecule has 5 nitrogen and oxygen atoms in total. The van der Waals surface area contributed by atoms with Crippen LogP contribution < -0.4 is 5.73 Å². The first-order valence-electron chi connectivity index (χ1n) is 10.8. The van der Waals surface area contributed by atoms with E-state index in [9.17, 15) is 4.79 Å². The summed E-state index contributed by atoms with van der Waals surface area (Å²) in [6.45, 7) is 10.3. The smallest absolute Gasteiger partial charge is 0.257 e. The summed E-state index contributed by atoms with van der Waals surface area (Å²) in [5.74, 6) is 1.44. The molecular formula is C23H36N4O. The van der Waals surface area contributed by atoms with E-state index in [0.29, 0.717) is 17.8 Å². The zero-order valence-electron chi connectivity index (χ0n) is 17.7. The van der Waals surface area contributed by atoms with Crippen LogP contribution in [0, 0.1) is 11.8 Å². The second-order valence-electron chi connectivity index (χ2n) is 9.13. The summed E-state index contributed by atoms with van der Waals surface area (Å²) in [4.78, 5) is 21.8. The minimum Gasteiger partial charge on any atom is -0.369 e. The highest BCUT2D eigenvalue weighted by molar-refractivity contribution is 6.06. The molecule has 0 bridgehead atoms. The van der Waals surface area contributed by atoms with E-state index in [2.05, 4.69) is 54.1 Å². The van der Waals surface area contributed by atoms with Gasteiger partial charge in [0.25, 0.3) is 5.91 Å². The van der Waals surface area contributed by atoms with Crippen LogP contribution in [0.3, 0.4) is 0 Å². The Morgan fingerprint density at radius 3 is 2.54 bits per heavy atom. The van der Waals surface area contributed by atoms with E-state index in [1.54, 1.807) is 4.90 Å². The number of piperidine rings is 1. The van der Waals surface area contributed by atoms with E-state index >= 15 is 0 Å². The number of aliphatic imine (C=N–C) groups is 1. The van der Waals surface area contributed by atoms with Crippen molar-refractivity contribution in [3.63, 3.8) is 0 Å². The Balaban J connectivity index is 1.42. The van der Waals surface area contributed by atoms with Crippen LogP contribution in [0.15, 0.2) is 35.3 Å². The van der Waals surface area contributed by atoms with Gasteiger partial charge in [0, 0.05) is 6.54 Å². The second-order valence-corrected chi connectivity index (χ2v) is 9.13. The molecule has 0 radical (unpaired) electrons. The highest BCUT2D eigenvalue weighted by Gasteiger charge is 2.44. The highest BCUT2D eigenvalue weighted by atomic mass is 16.2. The van der Waals surface area contributed by atoms with E-state index in [-0.39, 0.29) is 5.91 Å². The molecule has 1 atom stereocenters.